The summed E-state index contributed by atoms with van der Waals surface area (Å²) in [7, 11) is 0. The second kappa shape index (κ2) is 8.91. The predicted molar refractivity (Wildman–Crippen MR) is 136 cm³/mol. The van der Waals surface area contributed by atoms with E-state index in [1.807, 2.05) is 85.8 Å². The average Bonchev–Trinajstić information content (AvgIpc) is 2.87. The largest absolute Gasteiger partial charge is 0.385 e. The molecule has 0 aliphatic heterocycles. The molecule has 2 atom stereocenters. The Bertz CT molecular complexity index is 1450. The maximum atomic E-state index is 11.2. The summed E-state index contributed by atoms with van der Waals surface area (Å²) in [4.78, 5) is 9.76. The van der Waals surface area contributed by atoms with Crippen molar-refractivity contribution in [2.24, 2.45) is 5.73 Å². The molecule has 0 saturated heterocycles. The lowest BCUT2D eigenvalue weighted by molar-refractivity contribution is 0.141. The third kappa shape index (κ3) is 4.09. The molecule has 3 aromatic carbocycles. The van der Waals surface area contributed by atoms with Gasteiger partial charge in [-0.25, -0.2) is 9.97 Å². The summed E-state index contributed by atoms with van der Waals surface area (Å²) in [5, 5.41) is 13.7. The highest BCUT2D eigenvalue weighted by molar-refractivity contribution is 6.31. The van der Waals surface area contributed by atoms with Crippen LogP contribution >= 0.6 is 11.6 Å². The van der Waals surface area contributed by atoms with Gasteiger partial charge in [0.05, 0.1) is 22.4 Å². The number of benzene rings is 3. The van der Waals surface area contributed by atoms with Crippen LogP contribution in [0.15, 0.2) is 84.9 Å². The van der Waals surface area contributed by atoms with Gasteiger partial charge in [0, 0.05) is 33.0 Å². The number of pyridine rings is 2. The van der Waals surface area contributed by atoms with E-state index in [1.165, 1.54) is 0 Å². The number of nitrogens with two attached hydrogens (primary N) is 1. The van der Waals surface area contributed by atoms with Crippen LogP contribution in [0.5, 0.6) is 0 Å². The molecule has 0 aliphatic carbocycles. The van der Waals surface area contributed by atoms with Gasteiger partial charge in [-0.1, -0.05) is 67.1 Å². The zero-order valence-corrected chi connectivity index (χ0v) is 19.0. The number of hydrogen-bond donors (Lipinski definition) is 2. The highest BCUT2D eigenvalue weighted by atomic mass is 35.5. The summed E-state index contributed by atoms with van der Waals surface area (Å²) < 4.78 is 0. The number of hydrogen-bond acceptors (Lipinski definition) is 4. The first-order valence-corrected chi connectivity index (χ1v) is 11.4. The topological polar surface area (TPSA) is 72.0 Å². The van der Waals surface area contributed by atoms with Gasteiger partial charge in [-0.2, -0.15) is 0 Å². The summed E-state index contributed by atoms with van der Waals surface area (Å²) >= 11 is 6.39. The molecule has 4 nitrogen and oxygen atoms in total. The van der Waals surface area contributed by atoms with Gasteiger partial charge in [0.1, 0.15) is 6.10 Å². The molecule has 2 unspecified atom stereocenters. The van der Waals surface area contributed by atoms with Crippen molar-refractivity contribution in [1.82, 2.24) is 9.97 Å². The molecule has 2 aromatic heterocycles. The van der Waals surface area contributed by atoms with E-state index in [0.717, 1.165) is 44.2 Å². The minimum Gasteiger partial charge on any atom is -0.385 e. The zero-order valence-electron chi connectivity index (χ0n) is 18.2. The van der Waals surface area contributed by atoms with E-state index >= 15 is 0 Å². The van der Waals surface area contributed by atoms with Crippen LogP contribution in [0.25, 0.3) is 44.2 Å². The Hall–Kier alpha value is -3.31. The van der Waals surface area contributed by atoms with Crippen molar-refractivity contribution in [2.45, 2.75) is 25.5 Å². The van der Waals surface area contributed by atoms with Gasteiger partial charge in [-0.3, -0.25) is 0 Å². The molecule has 5 rings (SSSR count). The molecule has 0 spiro atoms. The van der Waals surface area contributed by atoms with Crippen molar-refractivity contribution in [3.05, 3.63) is 95.6 Å². The number of fused-ring (bicyclic) bond motifs is 2. The minimum atomic E-state index is -0.905. The summed E-state index contributed by atoms with van der Waals surface area (Å²) in [5.74, 6) is 0. The van der Waals surface area contributed by atoms with Crippen molar-refractivity contribution in [2.75, 3.05) is 0 Å². The Balaban J connectivity index is 1.86. The molecule has 5 heteroatoms. The number of rotatable bonds is 5. The van der Waals surface area contributed by atoms with Gasteiger partial charge < -0.3 is 10.8 Å². The first kappa shape index (κ1) is 21.5. The minimum absolute atomic E-state index is 0.428. The number of para-hydroxylation sites is 1. The van der Waals surface area contributed by atoms with Gasteiger partial charge in [0.15, 0.2) is 0 Å². The second-order valence-electron chi connectivity index (χ2n) is 8.21. The molecule has 0 amide bonds. The van der Waals surface area contributed by atoms with Crippen molar-refractivity contribution >= 4 is 33.4 Å². The molecule has 5 aromatic rings. The lowest BCUT2D eigenvalue weighted by Crippen LogP contribution is -2.28. The Morgan fingerprint density at radius 2 is 1.61 bits per heavy atom. The van der Waals surface area contributed by atoms with Crippen LogP contribution in [-0.2, 0) is 0 Å². The number of nitrogens with zero attached hydrogens (tertiary/aromatic N) is 2. The lowest BCUT2D eigenvalue weighted by Gasteiger charge is -2.21. The molecule has 2 heterocycles. The molecular formula is C28H24ClN3O. The molecule has 0 bridgehead atoms. The third-order valence-corrected chi connectivity index (χ3v) is 6.28. The summed E-state index contributed by atoms with van der Waals surface area (Å²) in [6, 6.07) is 27.3. The van der Waals surface area contributed by atoms with Crippen molar-refractivity contribution < 1.29 is 5.11 Å². The first-order valence-electron chi connectivity index (χ1n) is 11.0. The highest BCUT2D eigenvalue weighted by Gasteiger charge is 2.23. The smallest absolute Gasteiger partial charge is 0.112 e. The maximum Gasteiger partial charge on any atom is 0.112 e. The lowest BCUT2D eigenvalue weighted by atomic mass is 9.92. The Labute approximate surface area is 197 Å². The Morgan fingerprint density at radius 1 is 0.848 bits per heavy atom. The van der Waals surface area contributed by atoms with Crippen LogP contribution in [0.1, 0.15) is 25.1 Å². The number of halogens is 1. The van der Waals surface area contributed by atoms with Crippen LogP contribution in [0.4, 0.5) is 0 Å². The molecule has 0 radical (unpaired) electrons. The fourth-order valence-corrected chi connectivity index (χ4v) is 4.35. The van der Waals surface area contributed by atoms with E-state index in [-0.39, 0.29) is 0 Å². The van der Waals surface area contributed by atoms with Gasteiger partial charge in [-0.05, 0) is 48.4 Å². The average molecular weight is 454 g/mol. The Morgan fingerprint density at radius 3 is 2.39 bits per heavy atom. The monoisotopic (exact) mass is 453 g/mol. The van der Waals surface area contributed by atoms with Crippen molar-refractivity contribution in [1.29, 1.82) is 0 Å². The fourth-order valence-electron chi connectivity index (χ4n) is 4.18. The standard InChI is InChI=1S/C28H24ClN3O/c1-2-23(30)28(33)27-22(14-18-10-6-7-11-24(18)32-27)20-16-26(17-8-4-3-5-9-17)31-25-13-12-19(29)15-21(20)25/h3-16,23,28,33H,2,30H2,1H3. The van der Waals surface area contributed by atoms with Gasteiger partial charge in [0.25, 0.3) is 0 Å². The van der Waals surface area contributed by atoms with E-state index in [4.69, 9.17) is 27.3 Å². The molecule has 0 saturated carbocycles. The highest BCUT2D eigenvalue weighted by Crippen LogP contribution is 2.38. The number of aliphatic hydroxyl groups is 1. The number of aliphatic hydroxyl groups excluding tert-OH is 1. The predicted octanol–water partition coefficient (Wildman–Crippen LogP) is 6.54. The van der Waals surface area contributed by atoms with E-state index in [9.17, 15) is 5.11 Å². The maximum absolute atomic E-state index is 11.2. The third-order valence-electron chi connectivity index (χ3n) is 6.04. The second-order valence-corrected chi connectivity index (χ2v) is 8.65. The number of aromatic nitrogens is 2. The van der Waals surface area contributed by atoms with Crippen LogP contribution in [0.2, 0.25) is 5.02 Å². The quantitative estimate of drug-likeness (QED) is 0.317. The zero-order chi connectivity index (χ0) is 22.9. The summed E-state index contributed by atoms with van der Waals surface area (Å²) in [6.45, 7) is 1.96. The van der Waals surface area contributed by atoms with E-state index in [2.05, 4.69) is 6.07 Å². The fraction of sp³-hybridized carbons (Fsp3) is 0.143. The molecule has 164 valence electrons. The van der Waals surface area contributed by atoms with E-state index in [1.54, 1.807) is 0 Å². The van der Waals surface area contributed by atoms with E-state index in [0.29, 0.717) is 17.1 Å². The van der Waals surface area contributed by atoms with E-state index < -0.39 is 12.1 Å². The summed E-state index contributed by atoms with van der Waals surface area (Å²) in [5.41, 5.74) is 12.1. The normalized spacial score (nSPS) is 13.3. The Kier molecular flexibility index (Phi) is 5.81. The van der Waals surface area contributed by atoms with Gasteiger partial charge in [0.2, 0.25) is 0 Å². The molecule has 3 N–H and O–H groups in total. The van der Waals surface area contributed by atoms with Gasteiger partial charge in [-0.15, -0.1) is 0 Å². The molecular weight excluding hydrogens is 430 g/mol. The first-order chi connectivity index (χ1) is 16.0. The summed E-state index contributed by atoms with van der Waals surface area (Å²) in [6.07, 6.45) is -0.273. The molecule has 0 fully saturated rings. The van der Waals surface area contributed by atoms with Crippen LogP contribution in [0.3, 0.4) is 0 Å². The van der Waals surface area contributed by atoms with Crippen LogP contribution in [-0.4, -0.2) is 21.1 Å². The molecule has 33 heavy (non-hydrogen) atoms. The van der Waals surface area contributed by atoms with Crippen LogP contribution in [0, 0.1) is 0 Å². The van der Waals surface area contributed by atoms with Gasteiger partial charge >= 0.3 is 0 Å². The SMILES string of the molecule is CCC(N)C(O)c1nc2ccccc2cc1-c1cc(-c2ccccc2)nc2ccc(Cl)cc12. The molecule has 0 aliphatic rings. The van der Waals surface area contributed by atoms with Crippen LogP contribution < -0.4 is 5.73 Å². The van der Waals surface area contributed by atoms with Crippen molar-refractivity contribution in [3.63, 3.8) is 0 Å². The van der Waals surface area contributed by atoms with Crippen molar-refractivity contribution in [3.8, 4) is 22.4 Å².